The van der Waals surface area contributed by atoms with Crippen LogP contribution in [0, 0.1) is 0 Å². The molecule has 2 N–H and O–H groups in total. The zero-order valence-electron chi connectivity index (χ0n) is 19.6. The van der Waals surface area contributed by atoms with Gasteiger partial charge in [0.25, 0.3) is 0 Å². The summed E-state index contributed by atoms with van der Waals surface area (Å²) >= 11 is 0. The number of carbonyl (C=O) groups excluding carboxylic acids is 2. The summed E-state index contributed by atoms with van der Waals surface area (Å²) in [7, 11) is 3.51. The predicted octanol–water partition coefficient (Wildman–Crippen LogP) is 3.52. The molecule has 0 aliphatic rings. The minimum atomic E-state index is -0.633. The van der Waals surface area contributed by atoms with Gasteiger partial charge in [0.05, 0.1) is 35.5 Å². The first-order chi connectivity index (χ1) is 15.5. The highest BCUT2D eigenvalue weighted by Crippen LogP contribution is 2.33. The summed E-state index contributed by atoms with van der Waals surface area (Å²) in [6, 6.07) is 7.59. The molecule has 33 heavy (non-hydrogen) atoms. The van der Waals surface area contributed by atoms with Crippen molar-refractivity contribution in [3.8, 4) is 11.4 Å². The largest absolute Gasteiger partial charge is 0.443 e. The molecule has 10 nitrogen and oxygen atoms in total. The minimum Gasteiger partial charge on any atom is -0.443 e. The SMILES string of the molecule is CC(=O)NCc1cccc(-c2cc3c(nc(N(C)C(=O)OC(C)(C)C)c4ncn(C)c43)[nH]2)n1. The molecule has 10 heteroatoms. The van der Waals surface area contributed by atoms with E-state index in [2.05, 4.69) is 20.3 Å². The summed E-state index contributed by atoms with van der Waals surface area (Å²) in [6.07, 6.45) is 1.18. The fraction of sp³-hybridized carbons (Fsp3) is 0.348. The van der Waals surface area contributed by atoms with Crippen LogP contribution in [0.5, 0.6) is 0 Å². The molecule has 0 spiro atoms. The van der Waals surface area contributed by atoms with Crippen LogP contribution in [0.3, 0.4) is 0 Å². The van der Waals surface area contributed by atoms with Gasteiger partial charge in [-0.3, -0.25) is 9.69 Å². The van der Waals surface area contributed by atoms with Crippen molar-refractivity contribution in [1.82, 2.24) is 29.8 Å². The fourth-order valence-electron chi connectivity index (χ4n) is 3.51. The number of amides is 2. The summed E-state index contributed by atoms with van der Waals surface area (Å²) in [5, 5.41) is 3.61. The molecule has 172 valence electrons. The van der Waals surface area contributed by atoms with E-state index < -0.39 is 11.7 Å². The standard InChI is InChI=1S/C23H27N7O3/c1-13(31)24-11-14-8-7-9-16(26-14)17-10-15-19-18(25-12-29(19)5)21(28-20(15)27-17)30(6)22(32)33-23(2,3)4/h7-10,12H,11H2,1-6H3,(H,24,31)(H,27,28). The number of aromatic amines is 1. The average molecular weight is 450 g/mol. The van der Waals surface area contributed by atoms with E-state index in [-0.39, 0.29) is 5.91 Å². The molecule has 0 saturated heterocycles. The molecule has 4 aromatic rings. The first-order valence-corrected chi connectivity index (χ1v) is 10.5. The van der Waals surface area contributed by atoms with E-state index in [1.54, 1.807) is 13.4 Å². The number of rotatable bonds is 4. The lowest BCUT2D eigenvalue weighted by Gasteiger charge is -2.24. The lowest BCUT2D eigenvalue weighted by Crippen LogP contribution is -2.34. The molecule has 0 saturated carbocycles. The average Bonchev–Trinajstić information content (AvgIpc) is 3.33. The van der Waals surface area contributed by atoms with Gasteiger partial charge in [-0.15, -0.1) is 0 Å². The zero-order chi connectivity index (χ0) is 23.9. The Morgan fingerprint density at radius 3 is 2.70 bits per heavy atom. The summed E-state index contributed by atoms with van der Waals surface area (Å²) in [5.74, 6) is 0.283. The second kappa shape index (κ2) is 8.19. The van der Waals surface area contributed by atoms with Crippen LogP contribution >= 0.6 is 0 Å². The Morgan fingerprint density at radius 1 is 1.24 bits per heavy atom. The molecule has 0 unspecified atom stereocenters. The van der Waals surface area contributed by atoms with Gasteiger partial charge in [-0.1, -0.05) is 6.07 Å². The van der Waals surface area contributed by atoms with Crippen LogP contribution < -0.4 is 10.2 Å². The number of pyridine rings is 2. The topological polar surface area (TPSA) is 118 Å². The number of carbonyl (C=O) groups is 2. The van der Waals surface area contributed by atoms with Crippen LogP contribution in [0.15, 0.2) is 30.6 Å². The number of aromatic nitrogens is 5. The molecule has 4 rings (SSSR count). The maximum atomic E-state index is 12.7. The van der Waals surface area contributed by atoms with Crippen molar-refractivity contribution in [2.24, 2.45) is 7.05 Å². The molecular formula is C23H27N7O3. The summed E-state index contributed by atoms with van der Waals surface area (Å²) in [6.45, 7) is 7.26. The Labute approximate surface area is 191 Å². The Morgan fingerprint density at radius 2 is 2.00 bits per heavy atom. The Bertz CT molecular complexity index is 1360. The Balaban J connectivity index is 1.79. The molecule has 0 bridgehead atoms. The van der Waals surface area contributed by atoms with Crippen LogP contribution in [-0.4, -0.2) is 49.2 Å². The predicted molar refractivity (Wildman–Crippen MR) is 126 cm³/mol. The summed E-state index contributed by atoms with van der Waals surface area (Å²) < 4.78 is 7.40. The highest BCUT2D eigenvalue weighted by molar-refractivity contribution is 6.09. The van der Waals surface area contributed by atoms with Crippen molar-refractivity contribution in [3.05, 3.63) is 36.3 Å². The third-order valence-corrected chi connectivity index (χ3v) is 5.00. The van der Waals surface area contributed by atoms with Gasteiger partial charge in [0.2, 0.25) is 5.91 Å². The molecule has 0 aliphatic heterocycles. The lowest BCUT2D eigenvalue weighted by molar-refractivity contribution is -0.119. The van der Waals surface area contributed by atoms with Gasteiger partial charge < -0.3 is 19.6 Å². The van der Waals surface area contributed by atoms with Crippen LogP contribution in [-0.2, 0) is 23.1 Å². The lowest BCUT2D eigenvalue weighted by atomic mass is 10.2. The number of H-pyrrole nitrogens is 1. The number of hydrogen-bond donors (Lipinski definition) is 2. The molecule has 4 heterocycles. The van der Waals surface area contributed by atoms with Crippen molar-refractivity contribution >= 4 is 39.9 Å². The smallest absolute Gasteiger partial charge is 0.415 e. The van der Waals surface area contributed by atoms with Gasteiger partial charge >= 0.3 is 6.09 Å². The number of hydrogen-bond acceptors (Lipinski definition) is 6. The van der Waals surface area contributed by atoms with Crippen molar-refractivity contribution < 1.29 is 14.3 Å². The number of nitrogens with one attached hydrogen (secondary N) is 2. The third kappa shape index (κ3) is 4.50. The van der Waals surface area contributed by atoms with Crippen LogP contribution in [0.2, 0.25) is 0 Å². The third-order valence-electron chi connectivity index (χ3n) is 5.00. The van der Waals surface area contributed by atoms with Crippen LogP contribution in [0.1, 0.15) is 33.4 Å². The van der Waals surface area contributed by atoms with Gasteiger partial charge in [0.15, 0.2) is 5.82 Å². The number of ether oxygens (including phenoxy) is 1. The quantitative estimate of drug-likeness (QED) is 0.492. The number of fused-ring (bicyclic) bond motifs is 3. The molecule has 0 aliphatic carbocycles. The monoisotopic (exact) mass is 449 g/mol. The number of anilines is 1. The molecule has 4 aromatic heterocycles. The Hall–Kier alpha value is -3.95. The van der Waals surface area contributed by atoms with Gasteiger partial charge in [-0.2, -0.15) is 0 Å². The van der Waals surface area contributed by atoms with Crippen molar-refractivity contribution in [3.63, 3.8) is 0 Å². The van der Waals surface area contributed by atoms with E-state index in [1.807, 2.05) is 56.7 Å². The molecular weight excluding hydrogens is 422 g/mol. The maximum Gasteiger partial charge on any atom is 0.415 e. The van der Waals surface area contributed by atoms with Gasteiger partial charge in [0.1, 0.15) is 16.8 Å². The number of aryl methyl sites for hydroxylation is 1. The van der Waals surface area contributed by atoms with E-state index in [4.69, 9.17) is 9.72 Å². The van der Waals surface area contributed by atoms with Crippen molar-refractivity contribution in [2.75, 3.05) is 11.9 Å². The first-order valence-electron chi connectivity index (χ1n) is 10.5. The van der Waals surface area contributed by atoms with E-state index in [1.165, 1.54) is 11.8 Å². The molecule has 0 atom stereocenters. The van der Waals surface area contributed by atoms with E-state index in [0.717, 1.165) is 22.3 Å². The first kappa shape index (κ1) is 22.3. The number of nitrogens with zero attached hydrogens (tertiary/aromatic N) is 5. The molecule has 2 amide bonds. The molecule has 0 aromatic carbocycles. The van der Waals surface area contributed by atoms with E-state index >= 15 is 0 Å². The van der Waals surface area contributed by atoms with Crippen LogP contribution in [0.25, 0.3) is 33.5 Å². The highest BCUT2D eigenvalue weighted by Gasteiger charge is 2.25. The second-order valence-corrected chi connectivity index (χ2v) is 8.90. The molecule has 0 fully saturated rings. The van der Waals surface area contributed by atoms with Crippen molar-refractivity contribution in [2.45, 2.75) is 39.8 Å². The normalized spacial score (nSPS) is 11.7. The Kier molecular flexibility index (Phi) is 5.52. The van der Waals surface area contributed by atoms with E-state index in [9.17, 15) is 9.59 Å². The van der Waals surface area contributed by atoms with Gasteiger partial charge in [0, 0.05) is 26.4 Å². The maximum absolute atomic E-state index is 12.7. The van der Waals surface area contributed by atoms with Gasteiger partial charge in [-0.05, 0) is 39.0 Å². The summed E-state index contributed by atoms with van der Waals surface area (Å²) in [4.78, 5) is 42.5. The number of imidazole rings is 1. The molecule has 0 radical (unpaired) electrons. The van der Waals surface area contributed by atoms with Crippen molar-refractivity contribution in [1.29, 1.82) is 0 Å². The van der Waals surface area contributed by atoms with Gasteiger partial charge in [-0.25, -0.2) is 19.7 Å². The second-order valence-electron chi connectivity index (χ2n) is 8.90. The van der Waals surface area contributed by atoms with Crippen LogP contribution in [0.4, 0.5) is 10.6 Å². The van der Waals surface area contributed by atoms with E-state index in [0.29, 0.717) is 29.2 Å². The summed E-state index contributed by atoms with van der Waals surface area (Å²) in [5.41, 5.74) is 3.62. The zero-order valence-corrected chi connectivity index (χ0v) is 19.6. The minimum absolute atomic E-state index is 0.114. The fourth-order valence-corrected chi connectivity index (χ4v) is 3.51. The highest BCUT2D eigenvalue weighted by atomic mass is 16.6.